The summed E-state index contributed by atoms with van der Waals surface area (Å²) in [5.41, 5.74) is 3.89. The first kappa shape index (κ1) is 18.3. The molecular weight excluding hydrogens is 366 g/mol. The normalized spacial score (nSPS) is 21.4. The Labute approximate surface area is 160 Å². The van der Waals surface area contributed by atoms with Crippen molar-refractivity contribution < 1.29 is 34.0 Å². The van der Waals surface area contributed by atoms with Gasteiger partial charge in [-0.25, -0.2) is 9.59 Å². The van der Waals surface area contributed by atoms with Gasteiger partial charge >= 0.3 is 11.9 Å². The number of hydrogen-bond acceptors (Lipinski definition) is 6. The lowest BCUT2D eigenvalue weighted by molar-refractivity contribution is -0.159. The van der Waals surface area contributed by atoms with Crippen LogP contribution in [0.15, 0.2) is 42.5 Å². The maximum absolute atomic E-state index is 9.10. The van der Waals surface area contributed by atoms with E-state index in [-0.39, 0.29) is 12.2 Å². The lowest BCUT2D eigenvalue weighted by atomic mass is 10.0. The average Bonchev–Trinajstić information content (AvgIpc) is 3.24. The van der Waals surface area contributed by atoms with Gasteiger partial charge in [-0.1, -0.05) is 30.3 Å². The molecule has 2 bridgehead atoms. The predicted octanol–water partition coefficient (Wildman–Crippen LogP) is 2.20. The summed E-state index contributed by atoms with van der Waals surface area (Å²) >= 11 is 0. The maximum atomic E-state index is 9.10. The highest BCUT2D eigenvalue weighted by Gasteiger charge is 2.40. The Kier molecular flexibility index (Phi) is 4.89. The quantitative estimate of drug-likeness (QED) is 0.758. The number of carboxylic acids is 2. The van der Waals surface area contributed by atoms with Crippen molar-refractivity contribution in [3.05, 3.63) is 59.2 Å². The molecule has 3 heterocycles. The largest absolute Gasteiger partial charge is 0.473 e. The summed E-state index contributed by atoms with van der Waals surface area (Å²) < 4.78 is 17.2. The minimum Gasteiger partial charge on any atom is -0.473 e. The number of fused-ring (bicyclic) bond motifs is 6. The lowest BCUT2D eigenvalue weighted by Crippen LogP contribution is -2.35. The van der Waals surface area contributed by atoms with Gasteiger partial charge in [-0.15, -0.1) is 0 Å². The van der Waals surface area contributed by atoms with Crippen molar-refractivity contribution in [1.82, 2.24) is 4.90 Å². The second-order valence-electron chi connectivity index (χ2n) is 6.74. The number of carbonyl (C=O) groups is 2. The Balaban J connectivity index is 0.000000283. The second kappa shape index (κ2) is 7.49. The molecule has 0 radical (unpaired) electrons. The van der Waals surface area contributed by atoms with E-state index in [1.54, 1.807) is 0 Å². The van der Waals surface area contributed by atoms with Crippen LogP contribution in [0.2, 0.25) is 0 Å². The van der Waals surface area contributed by atoms with E-state index >= 15 is 0 Å². The Bertz CT molecular complexity index is 848. The van der Waals surface area contributed by atoms with E-state index in [1.165, 1.54) is 16.7 Å². The first-order chi connectivity index (χ1) is 13.5. The van der Waals surface area contributed by atoms with Crippen molar-refractivity contribution in [2.24, 2.45) is 0 Å². The fourth-order valence-corrected chi connectivity index (χ4v) is 3.67. The van der Waals surface area contributed by atoms with Gasteiger partial charge in [-0.2, -0.15) is 0 Å². The van der Waals surface area contributed by atoms with E-state index < -0.39 is 11.9 Å². The summed E-state index contributed by atoms with van der Waals surface area (Å²) in [6.07, 6.45) is 0.291. The van der Waals surface area contributed by atoms with Gasteiger partial charge in [0, 0.05) is 19.6 Å². The van der Waals surface area contributed by atoms with Crippen LogP contribution in [-0.4, -0.2) is 46.9 Å². The zero-order valence-corrected chi connectivity index (χ0v) is 14.9. The Morgan fingerprint density at radius 3 is 1.96 bits per heavy atom. The average molecular weight is 385 g/mol. The van der Waals surface area contributed by atoms with Gasteiger partial charge < -0.3 is 24.4 Å². The standard InChI is InChI=1S/C18H17NO3.C2H2O4/c1-2-4-12(5-3-1)8-19-9-17-13-6-15-16(21-11-20-15)7-14(13)18(10-19)22-17;3-1(4)2(5)6/h1-7,17-18H,8-11H2;(H,3,4)(H,5,6). The fourth-order valence-electron chi connectivity index (χ4n) is 3.67. The van der Waals surface area contributed by atoms with E-state index in [0.717, 1.165) is 31.1 Å². The molecule has 2 N–H and O–H groups in total. The number of benzene rings is 2. The molecule has 0 spiro atoms. The van der Waals surface area contributed by atoms with E-state index in [0.29, 0.717) is 6.79 Å². The number of hydrogen-bond donors (Lipinski definition) is 2. The molecule has 2 aromatic carbocycles. The van der Waals surface area contributed by atoms with Crippen molar-refractivity contribution >= 4 is 11.9 Å². The molecule has 3 aliphatic heterocycles. The molecule has 8 nitrogen and oxygen atoms in total. The van der Waals surface area contributed by atoms with Crippen LogP contribution in [0.5, 0.6) is 11.5 Å². The summed E-state index contributed by atoms with van der Waals surface area (Å²) in [6.45, 7) is 3.16. The van der Waals surface area contributed by atoms with E-state index in [9.17, 15) is 0 Å². The highest BCUT2D eigenvalue weighted by Crippen LogP contribution is 2.48. The summed E-state index contributed by atoms with van der Waals surface area (Å²) in [5, 5.41) is 14.8. The highest BCUT2D eigenvalue weighted by molar-refractivity contribution is 6.27. The van der Waals surface area contributed by atoms with Crippen molar-refractivity contribution in [3.63, 3.8) is 0 Å². The minimum atomic E-state index is -1.82. The number of carboxylic acid groups (broad SMARTS) is 2. The third-order valence-corrected chi connectivity index (χ3v) is 4.88. The van der Waals surface area contributed by atoms with Gasteiger partial charge in [0.1, 0.15) is 0 Å². The van der Waals surface area contributed by atoms with Gasteiger partial charge in [0.25, 0.3) is 0 Å². The van der Waals surface area contributed by atoms with Crippen LogP contribution in [0.4, 0.5) is 0 Å². The Hall–Kier alpha value is -3.10. The maximum Gasteiger partial charge on any atom is 0.414 e. The van der Waals surface area contributed by atoms with Gasteiger partial charge in [-0.05, 0) is 28.8 Å². The summed E-state index contributed by atoms with van der Waals surface area (Å²) in [6, 6.07) is 14.8. The van der Waals surface area contributed by atoms with E-state index in [2.05, 4.69) is 47.4 Å². The van der Waals surface area contributed by atoms with Gasteiger partial charge in [0.2, 0.25) is 6.79 Å². The van der Waals surface area contributed by atoms with Crippen LogP contribution < -0.4 is 9.47 Å². The molecular formula is C20H19NO7. The number of aliphatic carboxylic acids is 2. The first-order valence-corrected chi connectivity index (χ1v) is 8.82. The smallest absolute Gasteiger partial charge is 0.414 e. The molecule has 1 saturated heterocycles. The van der Waals surface area contributed by atoms with Gasteiger partial charge in [-0.3, -0.25) is 4.90 Å². The number of ether oxygens (including phenoxy) is 3. The zero-order valence-electron chi connectivity index (χ0n) is 14.9. The molecule has 0 aromatic heterocycles. The van der Waals surface area contributed by atoms with E-state index in [4.69, 9.17) is 34.0 Å². The summed E-state index contributed by atoms with van der Waals surface area (Å²) in [5.74, 6) is -1.95. The predicted molar refractivity (Wildman–Crippen MR) is 96.1 cm³/mol. The lowest BCUT2D eigenvalue weighted by Gasteiger charge is -2.32. The van der Waals surface area contributed by atoms with Crippen LogP contribution in [0.1, 0.15) is 28.9 Å². The van der Waals surface area contributed by atoms with Crippen molar-refractivity contribution in [1.29, 1.82) is 0 Å². The zero-order chi connectivity index (χ0) is 19.7. The van der Waals surface area contributed by atoms with E-state index in [1.807, 2.05) is 0 Å². The van der Waals surface area contributed by atoms with Gasteiger partial charge in [0.05, 0.1) is 12.2 Å². The van der Waals surface area contributed by atoms with Crippen LogP contribution in [0, 0.1) is 0 Å². The molecule has 2 unspecified atom stereocenters. The number of nitrogens with zero attached hydrogens (tertiary/aromatic N) is 1. The Morgan fingerprint density at radius 1 is 0.929 bits per heavy atom. The number of rotatable bonds is 2. The Morgan fingerprint density at radius 2 is 1.46 bits per heavy atom. The molecule has 0 saturated carbocycles. The van der Waals surface area contributed by atoms with Crippen molar-refractivity contribution in [3.8, 4) is 11.5 Å². The summed E-state index contributed by atoms with van der Waals surface area (Å²) in [4.78, 5) is 20.7. The first-order valence-electron chi connectivity index (χ1n) is 8.82. The molecule has 5 rings (SSSR count). The molecule has 1 fully saturated rings. The molecule has 0 amide bonds. The van der Waals surface area contributed by atoms with Gasteiger partial charge in [0.15, 0.2) is 11.5 Å². The topological polar surface area (TPSA) is 106 Å². The van der Waals surface area contributed by atoms with Crippen LogP contribution in [0.3, 0.4) is 0 Å². The third-order valence-electron chi connectivity index (χ3n) is 4.88. The van der Waals surface area contributed by atoms with Crippen molar-refractivity contribution in [2.75, 3.05) is 19.9 Å². The SMILES string of the molecule is O=C(O)C(=O)O.c1ccc(CN2CC3OC(C2)c2cc4c(cc23)OCO4)cc1. The molecule has 8 heteroatoms. The fraction of sp³-hybridized carbons (Fsp3) is 0.300. The molecule has 2 atom stereocenters. The molecule has 2 aromatic rings. The molecule has 28 heavy (non-hydrogen) atoms. The third kappa shape index (κ3) is 3.64. The van der Waals surface area contributed by atoms with Crippen LogP contribution in [0.25, 0.3) is 0 Å². The second-order valence-corrected chi connectivity index (χ2v) is 6.74. The summed E-state index contributed by atoms with van der Waals surface area (Å²) in [7, 11) is 0. The molecule has 146 valence electrons. The highest BCUT2D eigenvalue weighted by atomic mass is 16.7. The minimum absolute atomic E-state index is 0.145. The molecule has 0 aliphatic carbocycles. The molecule has 3 aliphatic rings. The monoisotopic (exact) mass is 385 g/mol. The number of morpholine rings is 1. The van der Waals surface area contributed by atoms with Crippen LogP contribution in [-0.2, 0) is 20.9 Å². The van der Waals surface area contributed by atoms with Crippen molar-refractivity contribution in [2.45, 2.75) is 18.8 Å². The van der Waals surface area contributed by atoms with Crippen LogP contribution >= 0.6 is 0 Å².